The molecular formula is C16H15FN2O. The first-order valence-electron chi connectivity index (χ1n) is 6.56. The number of fused-ring (bicyclic) bond motifs is 1. The predicted molar refractivity (Wildman–Crippen MR) is 76.9 cm³/mol. The van der Waals surface area contributed by atoms with Crippen molar-refractivity contribution in [1.29, 1.82) is 0 Å². The van der Waals surface area contributed by atoms with Crippen molar-refractivity contribution in [2.45, 2.75) is 6.54 Å². The molecule has 0 aliphatic carbocycles. The van der Waals surface area contributed by atoms with Crippen LogP contribution in [0.15, 0.2) is 53.5 Å². The molecule has 3 nitrogen and oxygen atoms in total. The first kappa shape index (κ1) is 12.7. The van der Waals surface area contributed by atoms with Gasteiger partial charge in [0.25, 0.3) is 0 Å². The van der Waals surface area contributed by atoms with Gasteiger partial charge in [0, 0.05) is 12.1 Å². The van der Waals surface area contributed by atoms with Gasteiger partial charge in [-0.1, -0.05) is 24.3 Å². The Morgan fingerprint density at radius 3 is 2.80 bits per heavy atom. The molecule has 0 unspecified atom stereocenters. The van der Waals surface area contributed by atoms with E-state index in [9.17, 15) is 4.39 Å². The van der Waals surface area contributed by atoms with E-state index in [-0.39, 0.29) is 5.82 Å². The highest BCUT2D eigenvalue weighted by Gasteiger charge is 2.15. The first-order valence-corrected chi connectivity index (χ1v) is 6.56. The number of nitrogens with zero attached hydrogens (tertiary/aromatic N) is 2. The number of aliphatic imine (C=N–C) groups is 1. The van der Waals surface area contributed by atoms with Crippen LogP contribution in [0.5, 0.6) is 5.75 Å². The number of benzene rings is 2. The topological polar surface area (TPSA) is 24.8 Å². The third-order valence-electron chi connectivity index (χ3n) is 3.21. The maximum atomic E-state index is 13.7. The van der Waals surface area contributed by atoms with Crippen molar-refractivity contribution in [2.75, 3.05) is 13.2 Å². The fraction of sp³-hybridized carbons (Fsp3) is 0.188. The molecule has 0 fully saturated rings. The summed E-state index contributed by atoms with van der Waals surface area (Å²) in [7, 11) is 0. The molecule has 0 atom stereocenters. The fourth-order valence-electron chi connectivity index (χ4n) is 2.15. The standard InChI is InChI=1S/C16H15FN2O/c17-15-7-4-8-16-14(15)11-19(12-18-16)9-10-20-13-5-2-1-3-6-13/h1-8,12H,9-11H2. The van der Waals surface area contributed by atoms with E-state index in [0.29, 0.717) is 30.9 Å². The second-order valence-corrected chi connectivity index (χ2v) is 4.61. The van der Waals surface area contributed by atoms with Crippen LogP contribution in [0.2, 0.25) is 0 Å². The molecule has 20 heavy (non-hydrogen) atoms. The van der Waals surface area contributed by atoms with E-state index < -0.39 is 0 Å². The molecule has 2 aromatic rings. The van der Waals surface area contributed by atoms with Gasteiger partial charge in [-0.2, -0.15) is 0 Å². The minimum absolute atomic E-state index is 0.201. The highest BCUT2D eigenvalue weighted by atomic mass is 19.1. The molecule has 0 saturated heterocycles. The van der Waals surface area contributed by atoms with Crippen LogP contribution in [0.1, 0.15) is 5.56 Å². The molecule has 2 aromatic carbocycles. The molecule has 1 heterocycles. The van der Waals surface area contributed by atoms with Gasteiger partial charge in [0.1, 0.15) is 18.2 Å². The lowest BCUT2D eigenvalue weighted by atomic mass is 10.1. The largest absolute Gasteiger partial charge is 0.492 e. The van der Waals surface area contributed by atoms with Crippen LogP contribution in [-0.2, 0) is 6.54 Å². The van der Waals surface area contributed by atoms with Crippen molar-refractivity contribution in [3.63, 3.8) is 0 Å². The Labute approximate surface area is 117 Å². The molecule has 0 N–H and O–H groups in total. The summed E-state index contributed by atoms with van der Waals surface area (Å²) in [5.74, 6) is 0.640. The molecule has 102 valence electrons. The number of para-hydroxylation sites is 1. The molecule has 4 heteroatoms. The minimum atomic E-state index is -0.201. The van der Waals surface area contributed by atoms with Crippen LogP contribution in [0, 0.1) is 5.82 Å². The van der Waals surface area contributed by atoms with Crippen LogP contribution < -0.4 is 4.74 Å². The van der Waals surface area contributed by atoms with Crippen molar-refractivity contribution in [1.82, 2.24) is 4.90 Å². The van der Waals surface area contributed by atoms with Gasteiger partial charge in [-0.25, -0.2) is 9.38 Å². The van der Waals surface area contributed by atoms with Crippen molar-refractivity contribution in [3.05, 3.63) is 59.9 Å². The van der Waals surface area contributed by atoms with E-state index in [1.807, 2.05) is 41.3 Å². The summed E-state index contributed by atoms with van der Waals surface area (Å²) in [4.78, 5) is 6.22. The third kappa shape index (κ3) is 2.79. The minimum Gasteiger partial charge on any atom is -0.492 e. The summed E-state index contributed by atoms with van der Waals surface area (Å²) in [6.45, 7) is 1.75. The molecule has 0 bridgehead atoms. The molecule has 3 rings (SSSR count). The van der Waals surface area contributed by atoms with E-state index in [1.54, 1.807) is 12.4 Å². The fourth-order valence-corrected chi connectivity index (χ4v) is 2.15. The summed E-state index contributed by atoms with van der Waals surface area (Å²) < 4.78 is 19.3. The number of hydrogen-bond acceptors (Lipinski definition) is 3. The highest BCUT2D eigenvalue weighted by molar-refractivity contribution is 5.66. The predicted octanol–water partition coefficient (Wildman–Crippen LogP) is 3.38. The Morgan fingerprint density at radius 2 is 1.95 bits per heavy atom. The molecule has 0 amide bonds. The van der Waals surface area contributed by atoms with Gasteiger partial charge < -0.3 is 9.64 Å². The first-order chi connectivity index (χ1) is 9.83. The lowest BCUT2D eigenvalue weighted by Gasteiger charge is -2.24. The van der Waals surface area contributed by atoms with Crippen LogP contribution in [-0.4, -0.2) is 24.4 Å². The van der Waals surface area contributed by atoms with Gasteiger partial charge in [0.15, 0.2) is 0 Å². The van der Waals surface area contributed by atoms with Crippen LogP contribution in [0.3, 0.4) is 0 Å². The Bertz CT molecular complexity index is 613. The zero-order valence-electron chi connectivity index (χ0n) is 11.0. The maximum Gasteiger partial charge on any atom is 0.130 e. The van der Waals surface area contributed by atoms with E-state index in [0.717, 1.165) is 5.75 Å². The molecule has 0 saturated carbocycles. The van der Waals surface area contributed by atoms with E-state index in [2.05, 4.69) is 4.99 Å². The van der Waals surface area contributed by atoms with Gasteiger partial charge in [0.2, 0.25) is 0 Å². The quantitative estimate of drug-likeness (QED) is 0.850. The zero-order chi connectivity index (χ0) is 13.8. The normalized spacial score (nSPS) is 13.2. The Kier molecular flexibility index (Phi) is 3.63. The lowest BCUT2D eigenvalue weighted by Crippen LogP contribution is -2.29. The van der Waals surface area contributed by atoms with Gasteiger partial charge in [0.05, 0.1) is 18.6 Å². The Hall–Kier alpha value is -2.36. The monoisotopic (exact) mass is 270 g/mol. The summed E-state index contributed by atoms with van der Waals surface area (Å²) in [5, 5.41) is 0. The van der Waals surface area contributed by atoms with E-state index in [4.69, 9.17) is 4.74 Å². The summed E-state index contributed by atoms with van der Waals surface area (Å²) in [5.41, 5.74) is 1.36. The van der Waals surface area contributed by atoms with Gasteiger partial charge in [-0.15, -0.1) is 0 Å². The Morgan fingerprint density at radius 1 is 1.10 bits per heavy atom. The molecule has 0 aromatic heterocycles. The second-order valence-electron chi connectivity index (χ2n) is 4.61. The van der Waals surface area contributed by atoms with Crippen molar-refractivity contribution in [2.24, 2.45) is 4.99 Å². The van der Waals surface area contributed by atoms with Crippen molar-refractivity contribution in [3.8, 4) is 5.75 Å². The van der Waals surface area contributed by atoms with E-state index >= 15 is 0 Å². The zero-order valence-corrected chi connectivity index (χ0v) is 11.0. The summed E-state index contributed by atoms with van der Waals surface area (Å²) in [6, 6.07) is 14.6. The molecule has 1 aliphatic rings. The number of ether oxygens (including phenoxy) is 1. The van der Waals surface area contributed by atoms with Crippen molar-refractivity contribution >= 4 is 12.0 Å². The molecule has 0 spiro atoms. The Balaban J connectivity index is 1.57. The van der Waals surface area contributed by atoms with Gasteiger partial charge in [-0.05, 0) is 24.3 Å². The van der Waals surface area contributed by atoms with E-state index in [1.165, 1.54) is 6.07 Å². The smallest absolute Gasteiger partial charge is 0.130 e. The van der Waals surface area contributed by atoms with Crippen LogP contribution in [0.25, 0.3) is 0 Å². The molecule has 0 radical (unpaired) electrons. The van der Waals surface area contributed by atoms with Crippen LogP contribution >= 0.6 is 0 Å². The second kappa shape index (κ2) is 5.74. The third-order valence-corrected chi connectivity index (χ3v) is 3.21. The summed E-state index contributed by atoms with van der Waals surface area (Å²) >= 11 is 0. The maximum absolute atomic E-state index is 13.7. The summed E-state index contributed by atoms with van der Waals surface area (Å²) in [6.07, 6.45) is 1.75. The van der Waals surface area contributed by atoms with Gasteiger partial charge >= 0.3 is 0 Å². The average Bonchev–Trinajstić information content (AvgIpc) is 2.49. The number of halogens is 1. The number of rotatable bonds is 4. The number of hydrogen-bond donors (Lipinski definition) is 0. The average molecular weight is 270 g/mol. The van der Waals surface area contributed by atoms with Crippen LogP contribution in [0.4, 0.5) is 10.1 Å². The molecule has 1 aliphatic heterocycles. The lowest BCUT2D eigenvalue weighted by molar-refractivity contribution is 0.266. The highest BCUT2D eigenvalue weighted by Crippen LogP contribution is 2.26. The SMILES string of the molecule is Fc1cccc2c1CN(CCOc1ccccc1)C=N2. The van der Waals surface area contributed by atoms with Crippen molar-refractivity contribution < 1.29 is 9.13 Å². The van der Waals surface area contributed by atoms with Gasteiger partial charge in [-0.3, -0.25) is 0 Å². The molecular weight excluding hydrogens is 255 g/mol.